The third-order valence-electron chi connectivity index (χ3n) is 3.98. The van der Waals surface area contributed by atoms with Crippen molar-refractivity contribution in [1.82, 2.24) is 4.57 Å². The molecule has 1 unspecified atom stereocenters. The van der Waals surface area contributed by atoms with Gasteiger partial charge in [0.25, 0.3) is 0 Å². The van der Waals surface area contributed by atoms with E-state index in [1.807, 2.05) is 36.5 Å². The Labute approximate surface area is 116 Å². The summed E-state index contributed by atoms with van der Waals surface area (Å²) < 4.78 is 21.5. The highest BCUT2D eigenvalue weighted by Gasteiger charge is 2.24. The topological polar surface area (TPSA) is 14.2 Å². The molecule has 0 spiro atoms. The molecule has 0 saturated heterocycles. The molecule has 4 rings (SSSR count). The monoisotopic (exact) mass is 267 g/mol. The Balaban J connectivity index is 1.71. The molecule has 1 aromatic heterocycles. The van der Waals surface area contributed by atoms with Crippen LogP contribution in [0.25, 0.3) is 10.9 Å². The van der Waals surface area contributed by atoms with Crippen molar-refractivity contribution >= 4 is 10.9 Å². The second-order valence-electron chi connectivity index (χ2n) is 5.19. The number of hydrogen-bond donors (Lipinski definition) is 0. The fourth-order valence-electron chi connectivity index (χ4n) is 2.96. The molecule has 2 heterocycles. The summed E-state index contributed by atoms with van der Waals surface area (Å²) in [4.78, 5) is 0. The van der Waals surface area contributed by atoms with Crippen LogP contribution in [0.4, 0.5) is 4.39 Å². The van der Waals surface area contributed by atoms with Gasteiger partial charge in [-0.05, 0) is 24.3 Å². The number of rotatable bonds is 2. The van der Waals surface area contributed by atoms with Gasteiger partial charge in [-0.3, -0.25) is 0 Å². The van der Waals surface area contributed by atoms with Crippen molar-refractivity contribution in [3.05, 3.63) is 66.1 Å². The molecule has 0 fully saturated rings. The number of fused-ring (bicyclic) bond motifs is 2. The molecule has 20 heavy (non-hydrogen) atoms. The van der Waals surface area contributed by atoms with E-state index in [4.69, 9.17) is 4.74 Å². The average molecular weight is 267 g/mol. The van der Waals surface area contributed by atoms with Gasteiger partial charge in [0.1, 0.15) is 11.6 Å². The molecule has 3 aromatic rings. The van der Waals surface area contributed by atoms with E-state index in [1.54, 1.807) is 6.07 Å². The lowest BCUT2D eigenvalue weighted by molar-refractivity contribution is 0.320. The molecule has 0 N–H and O–H groups in total. The Bertz CT molecular complexity index is 778. The van der Waals surface area contributed by atoms with Gasteiger partial charge in [-0.15, -0.1) is 0 Å². The molecular weight excluding hydrogens is 253 g/mol. The van der Waals surface area contributed by atoms with Gasteiger partial charge in [0, 0.05) is 29.6 Å². The van der Waals surface area contributed by atoms with Crippen LogP contribution in [0.2, 0.25) is 0 Å². The Hall–Kier alpha value is -2.29. The van der Waals surface area contributed by atoms with Gasteiger partial charge in [0.15, 0.2) is 0 Å². The van der Waals surface area contributed by atoms with Gasteiger partial charge in [0.2, 0.25) is 0 Å². The van der Waals surface area contributed by atoms with Crippen LogP contribution < -0.4 is 4.74 Å². The minimum atomic E-state index is -0.163. The zero-order valence-electron chi connectivity index (χ0n) is 10.9. The number of halogens is 1. The zero-order chi connectivity index (χ0) is 13.5. The number of nitrogens with zero attached hydrogens (tertiary/aromatic N) is 1. The highest BCUT2D eigenvalue weighted by Crippen LogP contribution is 2.35. The molecule has 0 aliphatic carbocycles. The predicted molar refractivity (Wildman–Crippen MR) is 76.6 cm³/mol. The molecule has 0 amide bonds. The lowest BCUT2D eigenvalue weighted by Gasteiger charge is -2.11. The van der Waals surface area contributed by atoms with Crippen LogP contribution in [0.5, 0.6) is 5.75 Å². The summed E-state index contributed by atoms with van der Waals surface area (Å²) in [6.45, 7) is 1.50. The van der Waals surface area contributed by atoms with Crippen molar-refractivity contribution in [1.29, 1.82) is 0 Å². The molecule has 2 aromatic carbocycles. The summed E-state index contributed by atoms with van der Waals surface area (Å²) >= 11 is 0. The van der Waals surface area contributed by atoms with Crippen LogP contribution in [0.3, 0.4) is 0 Å². The summed E-state index contributed by atoms with van der Waals surface area (Å²) in [5.74, 6) is 1.13. The fraction of sp³-hybridized carbons (Fsp3) is 0.176. The van der Waals surface area contributed by atoms with Crippen molar-refractivity contribution in [3.8, 4) is 5.75 Å². The minimum Gasteiger partial charge on any atom is -0.493 e. The Kier molecular flexibility index (Phi) is 2.52. The minimum absolute atomic E-state index is 0.163. The Morgan fingerprint density at radius 2 is 2.00 bits per heavy atom. The van der Waals surface area contributed by atoms with Gasteiger partial charge in [-0.1, -0.05) is 24.3 Å². The molecule has 1 atom stereocenters. The van der Waals surface area contributed by atoms with E-state index in [2.05, 4.69) is 10.6 Å². The first-order chi connectivity index (χ1) is 9.83. The van der Waals surface area contributed by atoms with Crippen molar-refractivity contribution < 1.29 is 9.13 Å². The molecule has 100 valence electrons. The highest BCUT2D eigenvalue weighted by molar-refractivity contribution is 5.80. The van der Waals surface area contributed by atoms with Crippen LogP contribution in [0, 0.1) is 5.82 Å². The van der Waals surface area contributed by atoms with Crippen LogP contribution in [0.1, 0.15) is 11.5 Å². The maximum Gasteiger partial charge on any atom is 0.132 e. The summed E-state index contributed by atoms with van der Waals surface area (Å²) in [5, 5.41) is 0.680. The maximum absolute atomic E-state index is 13.7. The molecule has 0 saturated carbocycles. The quantitative estimate of drug-likeness (QED) is 0.685. The van der Waals surface area contributed by atoms with Gasteiger partial charge < -0.3 is 9.30 Å². The summed E-state index contributed by atoms with van der Waals surface area (Å²) in [7, 11) is 0. The van der Waals surface area contributed by atoms with Crippen molar-refractivity contribution in [2.24, 2.45) is 0 Å². The van der Waals surface area contributed by atoms with Gasteiger partial charge >= 0.3 is 0 Å². The van der Waals surface area contributed by atoms with Crippen LogP contribution in [-0.2, 0) is 6.54 Å². The zero-order valence-corrected chi connectivity index (χ0v) is 10.9. The molecule has 1 aliphatic rings. The number of ether oxygens (including phenoxy) is 1. The maximum atomic E-state index is 13.7. The Morgan fingerprint density at radius 1 is 1.10 bits per heavy atom. The lowest BCUT2D eigenvalue weighted by Crippen LogP contribution is -2.09. The van der Waals surface area contributed by atoms with Gasteiger partial charge in [-0.25, -0.2) is 4.39 Å². The van der Waals surface area contributed by atoms with Crippen molar-refractivity contribution in [3.63, 3.8) is 0 Å². The third kappa shape index (κ3) is 1.70. The SMILES string of the molecule is Fc1cccc2c1ccn2CC1COc2ccccc21. The van der Waals surface area contributed by atoms with E-state index in [0.717, 1.165) is 17.8 Å². The molecule has 1 aliphatic heterocycles. The number of aromatic nitrogens is 1. The lowest BCUT2D eigenvalue weighted by atomic mass is 10.0. The standard InChI is InChI=1S/C17H14FNO/c18-15-5-3-6-16-14(15)8-9-19(16)10-12-11-20-17-7-2-1-4-13(12)17/h1-9,12H,10-11H2. The number of hydrogen-bond acceptors (Lipinski definition) is 1. The third-order valence-corrected chi connectivity index (χ3v) is 3.98. The van der Waals surface area contributed by atoms with Gasteiger partial charge in [0.05, 0.1) is 12.1 Å². The van der Waals surface area contributed by atoms with Crippen molar-refractivity contribution in [2.75, 3.05) is 6.61 Å². The summed E-state index contributed by atoms with van der Waals surface area (Å²) in [6.07, 6.45) is 1.95. The summed E-state index contributed by atoms with van der Waals surface area (Å²) in [5.41, 5.74) is 2.18. The van der Waals surface area contributed by atoms with Crippen LogP contribution >= 0.6 is 0 Å². The van der Waals surface area contributed by atoms with Crippen LogP contribution in [-0.4, -0.2) is 11.2 Å². The molecule has 0 radical (unpaired) electrons. The second-order valence-corrected chi connectivity index (χ2v) is 5.19. The number of para-hydroxylation sites is 1. The van der Waals surface area contributed by atoms with Gasteiger partial charge in [-0.2, -0.15) is 0 Å². The average Bonchev–Trinajstić information content (AvgIpc) is 3.06. The number of benzene rings is 2. The normalized spacial score (nSPS) is 17.1. The van der Waals surface area contributed by atoms with E-state index in [1.165, 1.54) is 11.6 Å². The predicted octanol–water partition coefficient (Wildman–Crippen LogP) is 3.96. The first-order valence-electron chi connectivity index (χ1n) is 6.78. The smallest absolute Gasteiger partial charge is 0.132 e. The van der Waals surface area contributed by atoms with E-state index in [0.29, 0.717) is 17.9 Å². The van der Waals surface area contributed by atoms with E-state index in [-0.39, 0.29) is 5.82 Å². The van der Waals surface area contributed by atoms with Crippen LogP contribution in [0.15, 0.2) is 54.7 Å². The molecule has 2 nitrogen and oxygen atoms in total. The Morgan fingerprint density at radius 3 is 2.95 bits per heavy atom. The highest BCUT2D eigenvalue weighted by atomic mass is 19.1. The molecular formula is C17H14FNO. The van der Waals surface area contributed by atoms with E-state index in [9.17, 15) is 4.39 Å². The van der Waals surface area contributed by atoms with E-state index >= 15 is 0 Å². The molecule has 0 bridgehead atoms. The first-order valence-corrected chi connectivity index (χ1v) is 6.78. The van der Waals surface area contributed by atoms with E-state index < -0.39 is 0 Å². The summed E-state index contributed by atoms with van der Waals surface area (Å²) in [6, 6.07) is 15.2. The second kappa shape index (κ2) is 4.37. The first kappa shape index (κ1) is 11.5. The molecule has 3 heteroatoms. The largest absolute Gasteiger partial charge is 0.493 e. The van der Waals surface area contributed by atoms with Crippen molar-refractivity contribution in [2.45, 2.75) is 12.5 Å². The fourth-order valence-corrected chi connectivity index (χ4v) is 2.96.